The van der Waals surface area contributed by atoms with Crippen molar-refractivity contribution in [2.75, 3.05) is 19.8 Å². The first-order chi connectivity index (χ1) is 11.0. The Morgan fingerprint density at radius 3 is 1.91 bits per heavy atom. The molecule has 8 nitrogen and oxygen atoms in total. The molecular weight excluding hydrogens is 306 g/mol. The molecule has 0 spiro atoms. The van der Waals surface area contributed by atoms with Crippen LogP contribution in [0.15, 0.2) is 12.2 Å². The van der Waals surface area contributed by atoms with Gasteiger partial charge < -0.3 is 19.5 Å². The molecule has 0 saturated heterocycles. The molecule has 130 valence electrons. The fourth-order valence-electron chi connectivity index (χ4n) is 1.66. The van der Waals surface area contributed by atoms with E-state index in [1.165, 1.54) is 6.08 Å². The smallest absolute Gasteiger partial charge is 0.347 e. The Hall–Kier alpha value is -2.38. The maximum Gasteiger partial charge on any atom is 0.347 e. The summed E-state index contributed by atoms with van der Waals surface area (Å²) in [5.41, 5.74) is -2.07. The molecule has 0 unspecified atom stereocenters. The van der Waals surface area contributed by atoms with Crippen molar-refractivity contribution < 1.29 is 33.4 Å². The lowest BCUT2D eigenvalue weighted by molar-refractivity contribution is -0.163. The van der Waals surface area contributed by atoms with Gasteiger partial charge >= 0.3 is 17.9 Å². The molecule has 0 aromatic rings. The van der Waals surface area contributed by atoms with E-state index < -0.39 is 23.4 Å². The Bertz CT molecular complexity index is 427. The summed E-state index contributed by atoms with van der Waals surface area (Å²) in [6.07, 6.45) is 3.09. The zero-order valence-corrected chi connectivity index (χ0v) is 13.6. The van der Waals surface area contributed by atoms with Crippen LogP contribution in [0.25, 0.3) is 0 Å². The predicted octanol–water partition coefficient (Wildman–Crippen LogP) is 0.497. The number of carbonyl (C=O) groups excluding carboxylic acids is 4. The summed E-state index contributed by atoms with van der Waals surface area (Å²) in [5.74, 6) is -2.32. The molecule has 0 atom stereocenters. The van der Waals surface area contributed by atoms with Gasteiger partial charge in [0.25, 0.3) is 5.54 Å². The van der Waals surface area contributed by atoms with E-state index >= 15 is 0 Å². The largest absolute Gasteiger partial charge is 0.466 e. The van der Waals surface area contributed by atoms with Crippen molar-refractivity contribution in [3.8, 4) is 0 Å². The molecule has 0 aliphatic heterocycles. The number of hydrogen-bond acceptors (Lipinski definition) is 7. The van der Waals surface area contributed by atoms with Crippen LogP contribution in [-0.2, 0) is 33.4 Å². The van der Waals surface area contributed by atoms with E-state index in [2.05, 4.69) is 5.32 Å². The molecule has 0 saturated carbocycles. The van der Waals surface area contributed by atoms with Gasteiger partial charge in [0, 0.05) is 6.42 Å². The molecule has 0 rings (SSSR count). The Labute approximate surface area is 135 Å². The van der Waals surface area contributed by atoms with Gasteiger partial charge in [0.05, 0.1) is 19.8 Å². The standard InChI is InChI=1S/C15H23NO7/c1-4-21-12(18)9-7-8-10-15(16-11-17,13(19)22-5-2)14(20)23-6-3/h8,10-11H,4-7,9H2,1-3H3,(H,16,17)/b10-8+. The van der Waals surface area contributed by atoms with Crippen LogP contribution in [0.3, 0.4) is 0 Å². The van der Waals surface area contributed by atoms with E-state index in [1.54, 1.807) is 20.8 Å². The molecule has 0 radical (unpaired) electrons. The summed E-state index contributed by atoms with van der Waals surface area (Å²) in [6, 6.07) is 0. The summed E-state index contributed by atoms with van der Waals surface area (Å²) < 4.78 is 14.4. The first kappa shape index (κ1) is 20.6. The van der Waals surface area contributed by atoms with E-state index in [1.807, 2.05) is 0 Å². The number of ether oxygens (including phenoxy) is 3. The minimum absolute atomic E-state index is 0.0250. The second-order valence-electron chi connectivity index (χ2n) is 4.26. The van der Waals surface area contributed by atoms with Crippen LogP contribution < -0.4 is 5.32 Å². The topological polar surface area (TPSA) is 108 Å². The average molecular weight is 329 g/mol. The Balaban J connectivity index is 5.21. The summed E-state index contributed by atoms with van der Waals surface area (Å²) >= 11 is 0. The Kier molecular flexibility index (Phi) is 10.1. The van der Waals surface area contributed by atoms with Crippen LogP contribution in [-0.4, -0.2) is 49.7 Å². The Morgan fingerprint density at radius 2 is 1.48 bits per heavy atom. The highest BCUT2D eigenvalue weighted by atomic mass is 16.6. The van der Waals surface area contributed by atoms with Crippen molar-refractivity contribution >= 4 is 24.3 Å². The summed E-state index contributed by atoms with van der Waals surface area (Å²) in [5, 5.41) is 2.15. The summed E-state index contributed by atoms with van der Waals surface area (Å²) in [4.78, 5) is 46.3. The normalized spacial score (nSPS) is 10.9. The highest BCUT2D eigenvalue weighted by molar-refractivity contribution is 6.08. The lowest BCUT2D eigenvalue weighted by atomic mass is 9.98. The number of nitrogens with one attached hydrogen (secondary N) is 1. The maximum atomic E-state index is 12.1. The summed E-state index contributed by atoms with van der Waals surface area (Å²) in [7, 11) is 0. The lowest BCUT2D eigenvalue weighted by Gasteiger charge is -2.25. The number of rotatable bonds is 11. The van der Waals surface area contributed by atoms with Gasteiger partial charge in [-0.25, -0.2) is 9.59 Å². The number of amides is 1. The van der Waals surface area contributed by atoms with Crippen LogP contribution in [0.4, 0.5) is 0 Å². The second kappa shape index (κ2) is 11.2. The first-order valence-electron chi connectivity index (χ1n) is 7.37. The highest BCUT2D eigenvalue weighted by Crippen LogP contribution is 2.14. The molecule has 1 amide bonds. The Morgan fingerprint density at radius 1 is 0.957 bits per heavy atom. The first-order valence-corrected chi connectivity index (χ1v) is 7.37. The van der Waals surface area contributed by atoms with Crippen molar-refractivity contribution in [3.63, 3.8) is 0 Å². The molecule has 0 aliphatic rings. The van der Waals surface area contributed by atoms with Crippen LogP contribution >= 0.6 is 0 Å². The monoisotopic (exact) mass is 329 g/mol. The summed E-state index contributed by atoms with van der Waals surface area (Å²) in [6.45, 7) is 5.14. The van der Waals surface area contributed by atoms with E-state index in [-0.39, 0.29) is 39.1 Å². The van der Waals surface area contributed by atoms with Crippen molar-refractivity contribution in [1.82, 2.24) is 5.32 Å². The van der Waals surface area contributed by atoms with Crippen LogP contribution in [0.5, 0.6) is 0 Å². The van der Waals surface area contributed by atoms with E-state index in [0.717, 1.165) is 6.08 Å². The van der Waals surface area contributed by atoms with Crippen LogP contribution in [0, 0.1) is 0 Å². The minimum Gasteiger partial charge on any atom is -0.466 e. The van der Waals surface area contributed by atoms with E-state index in [9.17, 15) is 19.2 Å². The third-order valence-electron chi connectivity index (χ3n) is 2.67. The fourth-order valence-corrected chi connectivity index (χ4v) is 1.66. The van der Waals surface area contributed by atoms with Crippen molar-refractivity contribution in [1.29, 1.82) is 0 Å². The molecular formula is C15H23NO7. The molecule has 0 aromatic heterocycles. The lowest BCUT2D eigenvalue weighted by Crippen LogP contribution is -2.58. The van der Waals surface area contributed by atoms with E-state index in [0.29, 0.717) is 0 Å². The number of esters is 3. The molecule has 0 heterocycles. The highest BCUT2D eigenvalue weighted by Gasteiger charge is 2.46. The molecule has 0 bridgehead atoms. The molecule has 23 heavy (non-hydrogen) atoms. The minimum atomic E-state index is -2.07. The number of carbonyl (C=O) groups is 4. The van der Waals surface area contributed by atoms with Gasteiger partial charge in [-0.1, -0.05) is 6.08 Å². The van der Waals surface area contributed by atoms with Gasteiger partial charge in [-0.3, -0.25) is 9.59 Å². The molecule has 0 aliphatic carbocycles. The molecule has 0 aromatic carbocycles. The van der Waals surface area contributed by atoms with Gasteiger partial charge in [0.15, 0.2) is 0 Å². The van der Waals surface area contributed by atoms with Crippen molar-refractivity contribution in [3.05, 3.63) is 12.2 Å². The van der Waals surface area contributed by atoms with Crippen LogP contribution in [0.2, 0.25) is 0 Å². The second-order valence-corrected chi connectivity index (χ2v) is 4.26. The zero-order valence-electron chi connectivity index (χ0n) is 13.6. The van der Waals surface area contributed by atoms with Crippen LogP contribution in [0.1, 0.15) is 33.6 Å². The average Bonchev–Trinajstić information content (AvgIpc) is 2.51. The quantitative estimate of drug-likeness (QED) is 0.193. The van der Waals surface area contributed by atoms with Gasteiger partial charge in [0.2, 0.25) is 6.41 Å². The van der Waals surface area contributed by atoms with Gasteiger partial charge in [0.1, 0.15) is 0 Å². The van der Waals surface area contributed by atoms with E-state index in [4.69, 9.17) is 14.2 Å². The molecule has 0 fully saturated rings. The van der Waals surface area contributed by atoms with Crippen molar-refractivity contribution in [2.24, 2.45) is 0 Å². The van der Waals surface area contributed by atoms with Gasteiger partial charge in [-0.15, -0.1) is 0 Å². The third kappa shape index (κ3) is 6.50. The maximum absolute atomic E-state index is 12.1. The molecule has 1 N–H and O–H groups in total. The fraction of sp³-hybridized carbons (Fsp3) is 0.600. The number of allylic oxidation sites excluding steroid dienone is 1. The zero-order chi connectivity index (χ0) is 17.7. The third-order valence-corrected chi connectivity index (χ3v) is 2.67. The van der Waals surface area contributed by atoms with Gasteiger partial charge in [-0.05, 0) is 33.3 Å². The van der Waals surface area contributed by atoms with Crippen molar-refractivity contribution in [2.45, 2.75) is 39.2 Å². The number of hydrogen-bond donors (Lipinski definition) is 1. The SMILES string of the molecule is CCOC(=O)CC/C=C/C(NC=O)(C(=O)OCC)C(=O)OCC. The molecule has 8 heteroatoms. The predicted molar refractivity (Wildman–Crippen MR) is 80.2 cm³/mol. The van der Waals surface area contributed by atoms with Gasteiger partial charge in [-0.2, -0.15) is 0 Å².